The molecule has 224 valence electrons. The van der Waals surface area contributed by atoms with Crippen LogP contribution in [0.1, 0.15) is 17.5 Å². The molecule has 0 radical (unpaired) electrons. The molecule has 1 saturated carbocycles. The van der Waals surface area contributed by atoms with E-state index in [4.69, 9.17) is 23.1 Å². The number of aliphatic hydroxyl groups is 2. The second-order valence-corrected chi connectivity index (χ2v) is 11.5. The standard InChI is InChI=1S/C27H32ClN7O7/c1-34(2)13-5-6-14(36)16-12(13)7-25(30)9-27(31)21(35(3)4)20(39)17(24(42)33-11-32-15(37)8-28)22(40)26(27,10-29)23(41)18(25)19(16)38/h5-6,21,36,38,40H,7-9,11,30-31H2,1-4H3,(H,32,37)(H,33,42)/t21-,25-,26+,27-/m1/s1. The maximum absolute atomic E-state index is 14.5. The van der Waals surface area contributed by atoms with Gasteiger partial charge in [0.25, 0.3) is 5.91 Å². The second kappa shape index (κ2) is 10.3. The Morgan fingerprint density at radius 1 is 1.14 bits per heavy atom. The van der Waals surface area contributed by atoms with Gasteiger partial charge in [-0.25, -0.2) is 0 Å². The number of rotatable bonds is 6. The smallest absolute Gasteiger partial charge is 0.259 e. The highest BCUT2D eigenvalue weighted by atomic mass is 35.5. The molecule has 0 unspecified atom stereocenters. The number of phenols is 1. The number of likely N-dealkylation sites (N-methyl/N-ethyl adjacent to an activating group) is 1. The number of fused-ring (bicyclic) bond motifs is 3. The maximum atomic E-state index is 14.5. The number of halogens is 1. The van der Waals surface area contributed by atoms with Crippen molar-refractivity contribution in [1.29, 1.82) is 5.26 Å². The lowest BCUT2D eigenvalue weighted by molar-refractivity contribution is -0.139. The summed E-state index contributed by atoms with van der Waals surface area (Å²) in [6, 6.07) is 3.20. The third kappa shape index (κ3) is 4.03. The second-order valence-electron chi connectivity index (χ2n) is 11.2. The fraction of sp³-hybridized carbons (Fsp3) is 0.444. The molecule has 9 N–H and O–H groups in total. The topological polar surface area (TPSA) is 235 Å². The first-order valence-electron chi connectivity index (χ1n) is 12.8. The highest BCUT2D eigenvalue weighted by molar-refractivity contribution is 6.27. The molecule has 0 aliphatic heterocycles. The summed E-state index contributed by atoms with van der Waals surface area (Å²) < 4.78 is 0. The van der Waals surface area contributed by atoms with Crippen LogP contribution in [0.4, 0.5) is 5.69 Å². The zero-order valence-electron chi connectivity index (χ0n) is 23.4. The van der Waals surface area contributed by atoms with Crippen molar-refractivity contribution in [3.8, 4) is 11.8 Å². The van der Waals surface area contributed by atoms with Crippen molar-refractivity contribution >= 4 is 46.4 Å². The van der Waals surface area contributed by atoms with E-state index < -0.39 is 87.5 Å². The molecule has 0 bridgehead atoms. The molecule has 4 rings (SSSR count). The quantitative estimate of drug-likeness (QED) is 0.117. The Hall–Kier alpha value is -4.16. The third-order valence-corrected chi connectivity index (χ3v) is 8.47. The number of alkyl halides is 1. The molecule has 3 aliphatic carbocycles. The molecule has 3 aliphatic rings. The number of carbonyl (C=O) groups is 4. The predicted molar refractivity (Wildman–Crippen MR) is 151 cm³/mol. The van der Waals surface area contributed by atoms with Crippen LogP contribution in [-0.2, 0) is 25.6 Å². The molecule has 0 spiro atoms. The lowest BCUT2D eigenvalue weighted by atomic mass is 9.47. The molecule has 42 heavy (non-hydrogen) atoms. The average molecular weight is 602 g/mol. The SMILES string of the molecule is CN(C)c1ccc(O)c2c1C[C@@]1(N)C[C@@]3(N)[C@H](N(C)C)C(=O)C(C(=O)NCNC(=O)CCl)=C(O)[C@@]3(C#N)C(=O)C1=C2O. The van der Waals surface area contributed by atoms with E-state index in [0.717, 1.165) is 0 Å². The van der Waals surface area contributed by atoms with Crippen molar-refractivity contribution in [3.63, 3.8) is 0 Å². The van der Waals surface area contributed by atoms with Crippen LogP contribution in [0.3, 0.4) is 0 Å². The number of anilines is 1. The summed E-state index contributed by atoms with van der Waals surface area (Å²) >= 11 is 5.43. The van der Waals surface area contributed by atoms with E-state index in [1.54, 1.807) is 31.1 Å². The van der Waals surface area contributed by atoms with Crippen molar-refractivity contribution in [2.24, 2.45) is 16.9 Å². The van der Waals surface area contributed by atoms with Gasteiger partial charge in [-0.05, 0) is 44.6 Å². The Kier molecular flexibility index (Phi) is 7.54. The molecule has 0 saturated heterocycles. The number of nitrogens with zero attached hydrogens (tertiary/aromatic N) is 3. The van der Waals surface area contributed by atoms with Crippen molar-refractivity contribution in [1.82, 2.24) is 15.5 Å². The largest absolute Gasteiger partial charge is 0.509 e. The molecule has 14 nitrogen and oxygen atoms in total. The van der Waals surface area contributed by atoms with Gasteiger partial charge in [0.2, 0.25) is 5.91 Å². The molecule has 0 aromatic heterocycles. The molecule has 1 aromatic carbocycles. The number of nitrogens with one attached hydrogen (secondary N) is 2. The van der Waals surface area contributed by atoms with E-state index in [0.29, 0.717) is 11.3 Å². The number of nitriles is 1. The van der Waals surface area contributed by atoms with Gasteiger partial charge in [0.1, 0.15) is 28.7 Å². The number of aromatic hydroxyl groups is 1. The van der Waals surface area contributed by atoms with Gasteiger partial charge >= 0.3 is 0 Å². The van der Waals surface area contributed by atoms with Crippen LogP contribution < -0.4 is 27.0 Å². The summed E-state index contributed by atoms with van der Waals surface area (Å²) in [4.78, 5) is 56.0. The van der Waals surface area contributed by atoms with Gasteiger partial charge in [0.05, 0.1) is 41.0 Å². The minimum absolute atomic E-state index is 0.0734. The Bertz CT molecular complexity index is 1530. The van der Waals surface area contributed by atoms with E-state index >= 15 is 0 Å². The lowest BCUT2D eigenvalue weighted by Gasteiger charge is -2.58. The van der Waals surface area contributed by atoms with Gasteiger partial charge in [0, 0.05) is 19.8 Å². The number of benzene rings is 1. The molecule has 2 amide bonds. The normalized spacial score (nSPS) is 28.5. The fourth-order valence-corrected chi connectivity index (χ4v) is 6.67. The van der Waals surface area contributed by atoms with Gasteiger partial charge < -0.3 is 42.3 Å². The van der Waals surface area contributed by atoms with E-state index in [1.807, 2.05) is 0 Å². The van der Waals surface area contributed by atoms with Crippen LogP contribution in [0.2, 0.25) is 0 Å². The zero-order chi connectivity index (χ0) is 31.5. The summed E-state index contributed by atoms with van der Waals surface area (Å²) in [6.07, 6.45) is -0.581. The molecular formula is C27H32ClN7O7. The van der Waals surface area contributed by atoms with Crippen LogP contribution in [0.15, 0.2) is 29.0 Å². The summed E-state index contributed by atoms with van der Waals surface area (Å²) in [5.74, 6) is -6.68. The van der Waals surface area contributed by atoms with Crippen molar-refractivity contribution in [2.75, 3.05) is 45.6 Å². The van der Waals surface area contributed by atoms with Gasteiger partial charge in [-0.3, -0.25) is 24.1 Å². The molecule has 1 fully saturated rings. The van der Waals surface area contributed by atoms with Crippen LogP contribution in [0.25, 0.3) is 5.76 Å². The number of aliphatic hydroxyl groups excluding tert-OH is 2. The first-order chi connectivity index (χ1) is 19.5. The van der Waals surface area contributed by atoms with Gasteiger partial charge in [0.15, 0.2) is 17.0 Å². The first-order valence-corrected chi connectivity index (χ1v) is 13.3. The van der Waals surface area contributed by atoms with Crippen molar-refractivity contribution in [2.45, 2.75) is 30.0 Å². The van der Waals surface area contributed by atoms with Gasteiger partial charge in [-0.2, -0.15) is 5.26 Å². The van der Waals surface area contributed by atoms with E-state index in [-0.39, 0.29) is 17.7 Å². The van der Waals surface area contributed by atoms with Crippen molar-refractivity contribution in [3.05, 3.63) is 40.2 Å². The fourth-order valence-electron chi connectivity index (χ4n) is 6.57. The Morgan fingerprint density at radius 2 is 1.79 bits per heavy atom. The van der Waals surface area contributed by atoms with Gasteiger partial charge in [-0.15, -0.1) is 11.6 Å². The lowest BCUT2D eigenvalue weighted by Crippen LogP contribution is -2.80. The predicted octanol–water partition coefficient (Wildman–Crippen LogP) is -1.09. The Balaban J connectivity index is 2.00. The molecule has 15 heteroatoms. The number of carbonyl (C=O) groups excluding carboxylic acids is 4. The van der Waals surface area contributed by atoms with Crippen LogP contribution >= 0.6 is 11.6 Å². The average Bonchev–Trinajstić information content (AvgIpc) is 2.87. The minimum Gasteiger partial charge on any atom is -0.509 e. The van der Waals surface area contributed by atoms with Crippen LogP contribution in [-0.4, -0.2) is 101 Å². The van der Waals surface area contributed by atoms with Gasteiger partial charge in [-0.1, -0.05) is 0 Å². The molecule has 0 heterocycles. The number of amides is 2. The number of Topliss-reactive ketones (excluding diaryl/α,β-unsaturated/α-hetero) is 2. The summed E-state index contributed by atoms with van der Waals surface area (Å²) in [6.45, 7) is -0.482. The summed E-state index contributed by atoms with van der Waals surface area (Å²) in [5, 5.41) is 48.8. The number of nitrogens with two attached hydrogens (primary N) is 2. The third-order valence-electron chi connectivity index (χ3n) is 8.23. The van der Waals surface area contributed by atoms with Crippen LogP contribution in [0, 0.1) is 16.7 Å². The minimum atomic E-state index is -2.75. The Labute approximate surface area is 246 Å². The van der Waals surface area contributed by atoms with E-state index in [1.165, 1.54) is 25.1 Å². The molecule has 4 atom stereocenters. The van der Waals surface area contributed by atoms with Crippen molar-refractivity contribution < 1.29 is 34.5 Å². The zero-order valence-corrected chi connectivity index (χ0v) is 24.2. The maximum Gasteiger partial charge on any atom is 0.259 e. The number of hydrogen-bond donors (Lipinski definition) is 7. The number of hydrogen-bond acceptors (Lipinski definition) is 12. The summed E-state index contributed by atoms with van der Waals surface area (Å²) in [5.41, 5.74) is 6.58. The molecule has 1 aromatic rings. The highest BCUT2D eigenvalue weighted by Gasteiger charge is 2.74. The highest BCUT2D eigenvalue weighted by Crippen LogP contribution is 2.58. The van der Waals surface area contributed by atoms with E-state index in [9.17, 15) is 39.8 Å². The first kappa shape index (κ1) is 30.8. The number of ketones is 2. The van der Waals surface area contributed by atoms with Crippen LogP contribution in [0.5, 0.6) is 5.75 Å². The summed E-state index contributed by atoms with van der Waals surface area (Å²) in [7, 11) is 6.38. The van der Waals surface area contributed by atoms with E-state index in [2.05, 4.69) is 10.6 Å². The number of phenolic OH excluding ortho intramolecular Hbond substituents is 1. The Morgan fingerprint density at radius 3 is 2.33 bits per heavy atom. The molecular weight excluding hydrogens is 570 g/mol. The monoisotopic (exact) mass is 601 g/mol.